The van der Waals surface area contributed by atoms with Crippen molar-refractivity contribution in [3.63, 3.8) is 0 Å². The van der Waals surface area contributed by atoms with Crippen LogP contribution >= 0.6 is 15.9 Å². The van der Waals surface area contributed by atoms with Gasteiger partial charge < -0.3 is 10.1 Å². The van der Waals surface area contributed by atoms with Gasteiger partial charge in [-0.3, -0.25) is 4.79 Å². The van der Waals surface area contributed by atoms with Gasteiger partial charge in [0.25, 0.3) is 0 Å². The Morgan fingerprint density at radius 1 is 1.44 bits per heavy atom. The Bertz CT molecular complexity index is 403. The predicted molar refractivity (Wildman–Crippen MR) is 71.6 cm³/mol. The molecule has 0 aliphatic rings. The number of halogens is 2. The number of rotatable bonds is 5. The second-order valence-corrected chi connectivity index (χ2v) is 5.32. The molecule has 0 saturated heterocycles. The molecule has 1 aromatic carbocycles. The lowest BCUT2D eigenvalue weighted by molar-refractivity contribution is -0.144. The lowest BCUT2D eigenvalue weighted by atomic mass is 10.0. The topological polar surface area (TPSA) is 38.3 Å². The Morgan fingerprint density at radius 3 is 2.61 bits per heavy atom. The summed E-state index contributed by atoms with van der Waals surface area (Å²) in [6.07, 6.45) is 0. The third kappa shape index (κ3) is 4.38. The summed E-state index contributed by atoms with van der Waals surface area (Å²) in [6, 6.07) is 4.25. The number of carbonyl (C=O) groups is 1. The molecule has 0 aromatic heterocycles. The first-order valence-corrected chi connectivity index (χ1v) is 6.49. The van der Waals surface area contributed by atoms with Crippen molar-refractivity contribution in [3.8, 4) is 0 Å². The van der Waals surface area contributed by atoms with Crippen LogP contribution in [0.3, 0.4) is 0 Å². The highest BCUT2D eigenvalue weighted by molar-refractivity contribution is 9.10. The summed E-state index contributed by atoms with van der Waals surface area (Å²) >= 11 is 3.23. The van der Waals surface area contributed by atoms with E-state index in [1.54, 1.807) is 0 Å². The Labute approximate surface area is 115 Å². The average molecular weight is 318 g/mol. The molecule has 0 radical (unpaired) electrons. The number of methoxy groups -OCH3 is 1. The van der Waals surface area contributed by atoms with Crippen molar-refractivity contribution in [1.29, 1.82) is 0 Å². The van der Waals surface area contributed by atoms with Gasteiger partial charge in [-0.2, -0.15) is 0 Å². The van der Waals surface area contributed by atoms with Gasteiger partial charge in [0.2, 0.25) is 0 Å². The molecule has 1 aromatic rings. The third-order valence-corrected chi connectivity index (χ3v) is 3.03. The van der Waals surface area contributed by atoms with Crippen LogP contribution in [0.15, 0.2) is 22.7 Å². The predicted octanol–water partition coefficient (Wildman–Crippen LogP) is 2.88. The van der Waals surface area contributed by atoms with Gasteiger partial charge in [0.1, 0.15) is 11.9 Å². The molecule has 1 rings (SSSR count). The molecule has 0 fully saturated rings. The summed E-state index contributed by atoms with van der Waals surface area (Å²) in [6.45, 7) is 4.26. The molecule has 0 amide bonds. The van der Waals surface area contributed by atoms with Gasteiger partial charge in [0.05, 0.1) is 7.11 Å². The van der Waals surface area contributed by atoms with Crippen molar-refractivity contribution in [2.75, 3.05) is 7.11 Å². The first-order valence-electron chi connectivity index (χ1n) is 5.70. The fourth-order valence-electron chi connectivity index (χ4n) is 1.66. The molecule has 0 bridgehead atoms. The fraction of sp³-hybridized carbons (Fsp3) is 0.462. The summed E-state index contributed by atoms with van der Waals surface area (Å²) in [4.78, 5) is 11.5. The van der Waals surface area contributed by atoms with Crippen LogP contribution in [0.1, 0.15) is 19.4 Å². The van der Waals surface area contributed by atoms with Gasteiger partial charge in [0, 0.05) is 11.0 Å². The average Bonchev–Trinajstić information content (AvgIpc) is 2.27. The van der Waals surface area contributed by atoms with Crippen LogP contribution < -0.4 is 5.32 Å². The van der Waals surface area contributed by atoms with E-state index in [1.807, 2.05) is 19.9 Å². The summed E-state index contributed by atoms with van der Waals surface area (Å²) < 4.78 is 18.6. The van der Waals surface area contributed by atoms with Crippen LogP contribution in [0.2, 0.25) is 0 Å². The van der Waals surface area contributed by atoms with Crippen LogP contribution in [0.25, 0.3) is 0 Å². The second-order valence-electron chi connectivity index (χ2n) is 4.40. The van der Waals surface area contributed by atoms with Crippen LogP contribution in [0.4, 0.5) is 4.39 Å². The molecule has 18 heavy (non-hydrogen) atoms. The van der Waals surface area contributed by atoms with Crippen molar-refractivity contribution in [1.82, 2.24) is 5.32 Å². The first-order chi connectivity index (χ1) is 8.43. The number of hydrogen-bond acceptors (Lipinski definition) is 3. The molecule has 0 aliphatic carbocycles. The number of carbonyl (C=O) groups excluding carboxylic acids is 1. The van der Waals surface area contributed by atoms with Crippen molar-refractivity contribution in [2.24, 2.45) is 5.92 Å². The zero-order valence-corrected chi connectivity index (χ0v) is 12.3. The van der Waals surface area contributed by atoms with Crippen molar-refractivity contribution in [3.05, 3.63) is 34.1 Å². The van der Waals surface area contributed by atoms with Gasteiger partial charge in [-0.05, 0) is 29.7 Å². The number of hydrogen-bond donors (Lipinski definition) is 1. The van der Waals surface area contributed by atoms with Gasteiger partial charge in [-0.1, -0.05) is 29.8 Å². The van der Waals surface area contributed by atoms with E-state index < -0.39 is 6.04 Å². The Morgan fingerprint density at radius 2 is 2.11 bits per heavy atom. The summed E-state index contributed by atoms with van der Waals surface area (Å²) in [5.74, 6) is -0.504. The molecular formula is C13H17BrFNO2. The maximum Gasteiger partial charge on any atom is 0.323 e. The van der Waals surface area contributed by atoms with Gasteiger partial charge >= 0.3 is 5.97 Å². The number of ether oxygens (including phenoxy) is 1. The summed E-state index contributed by atoms with van der Waals surface area (Å²) in [5, 5.41) is 3.08. The molecule has 1 unspecified atom stereocenters. The van der Waals surface area contributed by atoms with Gasteiger partial charge in [-0.15, -0.1) is 0 Å². The molecule has 1 atom stereocenters. The molecule has 1 N–H and O–H groups in total. The molecule has 0 heterocycles. The van der Waals surface area contributed by atoms with E-state index >= 15 is 0 Å². The van der Waals surface area contributed by atoms with E-state index in [0.29, 0.717) is 11.0 Å². The Hall–Kier alpha value is -0.940. The zero-order chi connectivity index (χ0) is 13.7. The minimum atomic E-state index is -0.392. The number of nitrogens with one attached hydrogen (secondary N) is 1. The van der Waals surface area contributed by atoms with Crippen molar-refractivity contribution >= 4 is 21.9 Å². The van der Waals surface area contributed by atoms with Crippen LogP contribution in [0, 0.1) is 11.7 Å². The Kier molecular flexibility index (Phi) is 5.75. The second kappa shape index (κ2) is 6.85. The van der Waals surface area contributed by atoms with Crippen LogP contribution in [-0.4, -0.2) is 19.1 Å². The molecule has 0 saturated carbocycles. The SMILES string of the molecule is COC(=O)C(NCc1cc(F)cc(Br)c1)C(C)C. The minimum absolute atomic E-state index is 0.106. The highest BCUT2D eigenvalue weighted by atomic mass is 79.9. The van der Waals surface area contributed by atoms with Gasteiger partial charge in [-0.25, -0.2) is 4.39 Å². The third-order valence-electron chi connectivity index (χ3n) is 2.57. The van der Waals surface area contributed by atoms with E-state index in [-0.39, 0.29) is 17.7 Å². The van der Waals surface area contributed by atoms with E-state index in [4.69, 9.17) is 4.74 Å². The van der Waals surface area contributed by atoms with Crippen molar-refractivity contribution in [2.45, 2.75) is 26.4 Å². The van der Waals surface area contributed by atoms with Crippen molar-refractivity contribution < 1.29 is 13.9 Å². The standard InChI is InChI=1S/C13H17BrFNO2/c1-8(2)12(13(17)18-3)16-7-9-4-10(14)6-11(15)5-9/h4-6,8,12,16H,7H2,1-3H3. The van der Waals surface area contributed by atoms with E-state index in [2.05, 4.69) is 21.2 Å². The quantitative estimate of drug-likeness (QED) is 0.849. The Balaban J connectivity index is 2.69. The summed E-state index contributed by atoms with van der Waals surface area (Å²) in [5.41, 5.74) is 0.774. The molecule has 100 valence electrons. The highest BCUT2D eigenvalue weighted by Gasteiger charge is 2.22. The minimum Gasteiger partial charge on any atom is -0.468 e. The lowest BCUT2D eigenvalue weighted by Crippen LogP contribution is -2.41. The molecule has 0 spiro atoms. The number of esters is 1. The highest BCUT2D eigenvalue weighted by Crippen LogP contribution is 2.15. The normalized spacial score (nSPS) is 12.6. The van der Waals surface area contributed by atoms with E-state index in [1.165, 1.54) is 19.2 Å². The van der Waals surface area contributed by atoms with Crippen LogP contribution in [0.5, 0.6) is 0 Å². The monoisotopic (exact) mass is 317 g/mol. The smallest absolute Gasteiger partial charge is 0.323 e. The molecular weight excluding hydrogens is 301 g/mol. The van der Waals surface area contributed by atoms with Gasteiger partial charge in [0.15, 0.2) is 0 Å². The largest absolute Gasteiger partial charge is 0.468 e. The molecule has 3 nitrogen and oxygen atoms in total. The maximum atomic E-state index is 13.2. The van der Waals surface area contributed by atoms with E-state index in [0.717, 1.165) is 5.56 Å². The zero-order valence-electron chi connectivity index (χ0n) is 10.7. The van der Waals surface area contributed by atoms with E-state index in [9.17, 15) is 9.18 Å². The lowest BCUT2D eigenvalue weighted by Gasteiger charge is -2.19. The number of benzene rings is 1. The van der Waals surface area contributed by atoms with Crippen LogP contribution in [-0.2, 0) is 16.1 Å². The first kappa shape index (κ1) is 15.1. The molecule has 5 heteroatoms. The maximum absolute atomic E-state index is 13.2. The fourth-order valence-corrected chi connectivity index (χ4v) is 2.17. The summed E-state index contributed by atoms with van der Waals surface area (Å²) in [7, 11) is 1.36. The molecule has 0 aliphatic heterocycles.